The predicted molar refractivity (Wildman–Crippen MR) is 120 cm³/mol. The highest BCUT2D eigenvalue weighted by Crippen LogP contribution is 2.47. The first-order valence-electron chi connectivity index (χ1n) is 9.77. The summed E-state index contributed by atoms with van der Waals surface area (Å²) in [7, 11) is 3.25. The molecule has 1 amide bonds. The van der Waals surface area contributed by atoms with Gasteiger partial charge >= 0.3 is 0 Å². The van der Waals surface area contributed by atoms with Gasteiger partial charge in [-0.15, -0.1) is 11.8 Å². The van der Waals surface area contributed by atoms with Crippen LogP contribution >= 0.6 is 11.8 Å². The van der Waals surface area contributed by atoms with Crippen LogP contribution < -0.4 is 14.8 Å². The summed E-state index contributed by atoms with van der Waals surface area (Å²) in [6, 6.07) is 14.0. The van der Waals surface area contributed by atoms with E-state index in [9.17, 15) is 4.79 Å². The number of methoxy groups -OCH3 is 2. The number of fused-ring (bicyclic) bond motifs is 1. The standard InChI is InChI=1S/C23H25N3O3S/c1-13-6-9-17(10-7-13)26-22-20(14(2)25-26)21(30-15(3)23(27)24-22)16-8-11-18(28-4)19(12-16)29-5/h6-12,15,21H,1-5H3,(H,24,27). The van der Waals surface area contributed by atoms with E-state index >= 15 is 0 Å². The van der Waals surface area contributed by atoms with Crippen LogP contribution in [-0.4, -0.2) is 35.2 Å². The summed E-state index contributed by atoms with van der Waals surface area (Å²) in [6.07, 6.45) is 0. The Morgan fingerprint density at radius 2 is 1.73 bits per heavy atom. The fourth-order valence-electron chi connectivity index (χ4n) is 3.66. The number of aromatic nitrogens is 2. The van der Waals surface area contributed by atoms with Gasteiger partial charge in [0.2, 0.25) is 5.91 Å². The van der Waals surface area contributed by atoms with E-state index in [4.69, 9.17) is 14.6 Å². The third-order valence-corrected chi connectivity index (χ3v) is 6.71. The number of ether oxygens (including phenoxy) is 2. The number of hydrogen-bond acceptors (Lipinski definition) is 5. The molecule has 1 N–H and O–H groups in total. The minimum Gasteiger partial charge on any atom is -0.493 e. The third-order valence-electron chi connectivity index (χ3n) is 5.31. The van der Waals surface area contributed by atoms with Gasteiger partial charge in [0, 0.05) is 5.56 Å². The summed E-state index contributed by atoms with van der Waals surface area (Å²) in [5.74, 6) is 2.03. The van der Waals surface area contributed by atoms with Gasteiger partial charge in [-0.05, 0) is 50.6 Å². The second-order valence-corrected chi connectivity index (χ2v) is 8.81. The molecule has 6 nitrogen and oxygen atoms in total. The lowest BCUT2D eigenvalue weighted by Crippen LogP contribution is -2.22. The summed E-state index contributed by atoms with van der Waals surface area (Å²) in [4.78, 5) is 12.8. The lowest BCUT2D eigenvalue weighted by Gasteiger charge is -2.19. The zero-order valence-corrected chi connectivity index (χ0v) is 18.5. The largest absolute Gasteiger partial charge is 0.493 e. The molecule has 0 fully saturated rings. The molecule has 2 unspecified atom stereocenters. The van der Waals surface area contributed by atoms with Crippen LogP contribution in [0, 0.1) is 13.8 Å². The number of hydrogen-bond donors (Lipinski definition) is 1. The quantitative estimate of drug-likeness (QED) is 0.661. The molecular weight excluding hydrogens is 398 g/mol. The van der Waals surface area contributed by atoms with Crippen LogP contribution in [0.15, 0.2) is 42.5 Å². The summed E-state index contributed by atoms with van der Waals surface area (Å²) in [6.45, 7) is 5.96. The van der Waals surface area contributed by atoms with Crippen LogP contribution in [-0.2, 0) is 4.79 Å². The normalized spacial score (nSPS) is 18.4. The predicted octanol–water partition coefficient (Wildman–Crippen LogP) is 4.67. The summed E-state index contributed by atoms with van der Waals surface area (Å²) < 4.78 is 12.7. The van der Waals surface area contributed by atoms with Crippen LogP contribution in [0.2, 0.25) is 0 Å². The minimum absolute atomic E-state index is 0.0301. The second-order valence-electron chi connectivity index (χ2n) is 7.36. The van der Waals surface area contributed by atoms with Crippen LogP contribution in [0.25, 0.3) is 5.69 Å². The van der Waals surface area contributed by atoms with E-state index in [1.54, 1.807) is 26.0 Å². The lowest BCUT2D eigenvalue weighted by molar-refractivity contribution is -0.115. The molecule has 7 heteroatoms. The van der Waals surface area contributed by atoms with Crippen LogP contribution in [0.4, 0.5) is 5.82 Å². The number of nitrogens with one attached hydrogen (secondary N) is 1. The molecule has 0 saturated carbocycles. The molecule has 4 rings (SSSR count). The fraction of sp³-hybridized carbons (Fsp3) is 0.304. The van der Waals surface area contributed by atoms with Crippen molar-refractivity contribution in [3.05, 3.63) is 64.8 Å². The molecule has 1 aliphatic heterocycles. The molecule has 0 saturated heterocycles. The molecular formula is C23H25N3O3S. The van der Waals surface area contributed by atoms with Gasteiger partial charge in [-0.25, -0.2) is 4.68 Å². The molecule has 0 bridgehead atoms. The van der Waals surface area contributed by atoms with E-state index in [2.05, 4.69) is 5.32 Å². The number of rotatable bonds is 4. The first-order valence-corrected chi connectivity index (χ1v) is 10.7. The Bertz CT molecular complexity index is 1090. The van der Waals surface area contributed by atoms with Crippen LogP contribution in [0.3, 0.4) is 0 Å². The summed E-state index contributed by atoms with van der Waals surface area (Å²) in [5, 5.41) is 7.59. The second kappa shape index (κ2) is 8.07. The highest BCUT2D eigenvalue weighted by molar-refractivity contribution is 8.01. The Hall–Kier alpha value is -2.93. The van der Waals surface area contributed by atoms with Gasteiger partial charge in [0.05, 0.1) is 36.1 Å². The van der Waals surface area contributed by atoms with Gasteiger partial charge in [-0.3, -0.25) is 4.79 Å². The first-order chi connectivity index (χ1) is 14.4. The molecule has 1 aliphatic rings. The van der Waals surface area contributed by atoms with E-state index in [0.29, 0.717) is 11.5 Å². The van der Waals surface area contributed by atoms with Crippen molar-refractivity contribution >= 4 is 23.5 Å². The molecule has 0 spiro atoms. The van der Waals surface area contributed by atoms with E-state index in [0.717, 1.165) is 28.3 Å². The number of aryl methyl sites for hydroxylation is 2. The van der Waals surface area contributed by atoms with Crippen LogP contribution in [0.1, 0.15) is 34.6 Å². The molecule has 156 valence electrons. The molecule has 0 aliphatic carbocycles. The third kappa shape index (κ3) is 3.54. The highest BCUT2D eigenvalue weighted by Gasteiger charge is 2.34. The monoisotopic (exact) mass is 423 g/mol. The minimum atomic E-state index is -0.221. The maximum Gasteiger partial charge on any atom is 0.238 e. The van der Waals surface area contributed by atoms with Gasteiger partial charge in [0.1, 0.15) is 5.82 Å². The van der Waals surface area contributed by atoms with Gasteiger partial charge in [-0.1, -0.05) is 23.8 Å². The fourth-order valence-corrected chi connectivity index (χ4v) is 4.97. The summed E-state index contributed by atoms with van der Waals surface area (Å²) >= 11 is 1.61. The van der Waals surface area contributed by atoms with E-state index in [-0.39, 0.29) is 16.4 Å². The van der Waals surface area contributed by atoms with Crippen molar-refractivity contribution < 1.29 is 14.3 Å². The maximum atomic E-state index is 12.8. The van der Waals surface area contributed by atoms with Crippen molar-refractivity contribution in [2.75, 3.05) is 19.5 Å². The molecule has 2 aromatic carbocycles. The van der Waals surface area contributed by atoms with Crippen molar-refractivity contribution in [3.8, 4) is 17.2 Å². The number of thioether (sulfide) groups is 1. The Labute approximate surface area is 180 Å². The average Bonchev–Trinajstić information content (AvgIpc) is 2.99. The number of carbonyl (C=O) groups is 1. The van der Waals surface area contributed by atoms with E-state index in [1.807, 2.05) is 67.9 Å². The molecule has 3 aromatic rings. The smallest absolute Gasteiger partial charge is 0.238 e. The zero-order chi connectivity index (χ0) is 21.4. The Morgan fingerprint density at radius 3 is 2.40 bits per heavy atom. The topological polar surface area (TPSA) is 65.4 Å². The Morgan fingerprint density at radius 1 is 1.03 bits per heavy atom. The van der Waals surface area contributed by atoms with Crippen molar-refractivity contribution in [2.24, 2.45) is 0 Å². The van der Waals surface area contributed by atoms with Gasteiger partial charge in [-0.2, -0.15) is 5.10 Å². The SMILES string of the molecule is COc1ccc(C2SC(C)C(=O)Nc3c2c(C)nn3-c2ccc(C)cc2)cc1OC. The number of nitrogens with zero attached hydrogens (tertiary/aromatic N) is 2. The Kier molecular flexibility index (Phi) is 5.47. The van der Waals surface area contributed by atoms with Crippen molar-refractivity contribution in [1.82, 2.24) is 9.78 Å². The molecule has 30 heavy (non-hydrogen) atoms. The van der Waals surface area contributed by atoms with Crippen LogP contribution in [0.5, 0.6) is 11.5 Å². The number of carbonyl (C=O) groups excluding carboxylic acids is 1. The first kappa shape index (κ1) is 20.3. The molecule has 0 radical (unpaired) electrons. The van der Waals surface area contributed by atoms with Gasteiger partial charge in [0.15, 0.2) is 11.5 Å². The van der Waals surface area contributed by atoms with Crippen molar-refractivity contribution in [2.45, 2.75) is 31.3 Å². The molecule has 2 heterocycles. The number of anilines is 1. The van der Waals surface area contributed by atoms with E-state index < -0.39 is 0 Å². The van der Waals surface area contributed by atoms with E-state index in [1.165, 1.54) is 5.56 Å². The lowest BCUT2D eigenvalue weighted by atomic mass is 10.0. The maximum absolute atomic E-state index is 12.8. The Balaban J connectivity index is 1.89. The average molecular weight is 424 g/mol. The number of amides is 1. The van der Waals surface area contributed by atoms with Crippen molar-refractivity contribution in [1.29, 1.82) is 0 Å². The molecule has 2 atom stereocenters. The summed E-state index contributed by atoms with van der Waals surface area (Å²) in [5.41, 5.74) is 5.01. The zero-order valence-electron chi connectivity index (χ0n) is 17.7. The van der Waals surface area contributed by atoms with Gasteiger partial charge < -0.3 is 14.8 Å². The number of benzene rings is 2. The van der Waals surface area contributed by atoms with Crippen molar-refractivity contribution in [3.63, 3.8) is 0 Å². The highest BCUT2D eigenvalue weighted by atomic mass is 32.2. The van der Waals surface area contributed by atoms with Gasteiger partial charge in [0.25, 0.3) is 0 Å². The molecule has 1 aromatic heterocycles.